The standard InChI is InChI=1S/C25H39NO2/c1-3-4-5-6-7-8-9-10-11-12-13-14-15-16-21-19-25(27)23-20-22(28-2)17-18-24(23)26-21/h17-20H,3-16H2,1-2H3,(H,26,27). The largest absolute Gasteiger partial charge is 0.497 e. The quantitative estimate of drug-likeness (QED) is 0.330. The van der Waals surface area contributed by atoms with Crippen molar-refractivity contribution >= 4 is 10.9 Å². The number of fused-ring (bicyclic) bond motifs is 1. The minimum Gasteiger partial charge on any atom is -0.497 e. The van der Waals surface area contributed by atoms with E-state index in [4.69, 9.17) is 4.74 Å². The lowest BCUT2D eigenvalue weighted by Gasteiger charge is -2.06. The highest BCUT2D eigenvalue weighted by Gasteiger charge is 2.04. The molecule has 2 aromatic rings. The van der Waals surface area contributed by atoms with Crippen molar-refractivity contribution < 1.29 is 4.74 Å². The van der Waals surface area contributed by atoms with Crippen molar-refractivity contribution in [2.24, 2.45) is 0 Å². The van der Waals surface area contributed by atoms with Crippen molar-refractivity contribution in [3.05, 3.63) is 40.2 Å². The van der Waals surface area contributed by atoms with E-state index in [1.807, 2.05) is 18.2 Å². The first kappa shape index (κ1) is 22.5. The number of aromatic amines is 1. The molecule has 1 aromatic carbocycles. The van der Waals surface area contributed by atoms with Crippen molar-refractivity contribution in [2.45, 2.75) is 96.8 Å². The normalized spacial score (nSPS) is 11.2. The topological polar surface area (TPSA) is 42.1 Å². The van der Waals surface area contributed by atoms with Gasteiger partial charge in [0.15, 0.2) is 5.43 Å². The van der Waals surface area contributed by atoms with Crippen LogP contribution in [0.15, 0.2) is 29.1 Å². The van der Waals surface area contributed by atoms with Gasteiger partial charge in [0.2, 0.25) is 0 Å². The third-order valence-corrected chi connectivity index (χ3v) is 5.64. The van der Waals surface area contributed by atoms with Crippen LogP contribution < -0.4 is 10.2 Å². The van der Waals surface area contributed by atoms with Crippen molar-refractivity contribution in [3.8, 4) is 5.75 Å². The second kappa shape index (κ2) is 13.4. The minimum absolute atomic E-state index is 0.0809. The molecule has 0 atom stereocenters. The zero-order valence-corrected chi connectivity index (χ0v) is 18.0. The van der Waals surface area contributed by atoms with Crippen LogP contribution in [0, 0.1) is 0 Å². The monoisotopic (exact) mass is 385 g/mol. The fourth-order valence-electron chi connectivity index (χ4n) is 3.88. The average molecular weight is 386 g/mol. The minimum atomic E-state index is 0.0809. The highest BCUT2D eigenvalue weighted by Crippen LogP contribution is 2.18. The predicted molar refractivity (Wildman–Crippen MR) is 121 cm³/mol. The Morgan fingerprint density at radius 2 is 1.36 bits per heavy atom. The molecule has 0 amide bonds. The summed E-state index contributed by atoms with van der Waals surface area (Å²) < 4.78 is 5.21. The highest BCUT2D eigenvalue weighted by molar-refractivity contribution is 5.80. The van der Waals surface area contributed by atoms with E-state index in [0.29, 0.717) is 5.39 Å². The second-order valence-corrected chi connectivity index (χ2v) is 8.06. The van der Waals surface area contributed by atoms with Crippen molar-refractivity contribution in [1.29, 1.82) is 0 Å². The van der Waals surface area contributed by atoms with Gasteiger partial charge in [0, 0.05) is 22.7 Å². The molecule has 1 aromatic heterocycles. The summed E-state index contributed by atoms with van der Waals surface area (Å²) in [5, 5.41) is 0.702. The molecule has 28 heavy (non-hydrogen) atoms. The molecule has 0 saturated carbocycles. The van der Waals surface area contributed by atoms with E-state index in [1.165, 1.54) is 77.0 Å². The van der Waals surface area contributed by atoms with Gasteiger partial charge in [0.1, 0.15) is 5.75 Å². The number of aromatic nitrogens is 1. The molecule has 3 nitrogen and oxygen atoms in total. The Labute approximate surface area is 170 Å². The van der Waals surface area contributed by atoms with E-state index in [2.05, 4.69) is 11.9 Å². The summed E-state index contributed by atoms with van der Waals surface area (Å²) in [6.07, 6.45) is 18.6. The lowest BCUT2D eigenvalue weighted by atomic mass is 10.0. The van der Waals surface area contributed by atoms with Gasteiger partial charge in [-0.1, -0.05) is 84.0 Å². The Hall–Kier alpha value is -1.77. The lowest BCUT2D eigenvalue weighted by Crippen LogP contribution is -2.05. The Morgan fingerprint density at radius 1 is 0.786 bits per heavy atom. The number of hydrogen-bond acceptors (Lipinski definition) is 2. The van der Waals surface area contributed by atoms with E-state index < -0.39 is 0 Å². The Kier molecular flexibility index (Phi) is 10.8. The van der Waals surface area contributed by atoms with Crippen LogP contribution in [0.25, 0.3) is 10.9 Å². The summed E-state index contributed by atoms with van der Waals surface area (Å²) in [6, 6.07) is 7.39. The first-order chi connectivity index (χ1) is 13.7. The zero-order valence-electron chi connectivity index (χ0n) is 18.0. The summed E-state index contributed by atoms with van der Waals surface area (Å²) in [4.78, 5) is 15.7. The predicted octanol–water partition coefficient (Wildman–Crippen LogP) is 7.17. The molecule has 0 unspecified atom stereocenters. The molecule has 0 saturated heterocycles. The number of H-pyrrole nitrogens is 1. The third kappa shape index (κ3) is 8.08. The average Bonchev–Trinajstić information content (AvgIpc) is 2.71. The van der Waals surface area contributed by atoms with Gasteiger partial charge >= 0.3 is 0 Å². The van der Waals surface area contributed by atoms with Gasteiger partial charge in [0.05, 0.1) is 7.11 Å². The molecule has 0 fully saturated rings. The van der Waals surface area contributed by atoms with Crippen LogP contribution in [0.2, 0.25) is 0 Å². The van der Waals surface area contributed by atoms with Crippen LogP contribution in [0.4, 0.5) is 0 Å². The van der Waals surface area contributed by atoms with Gasteiger partial charge < -0.3 is 9.72 Å². The molecule has 0 aliphatic heterocycles. The third-order valence-electron chi connectivity index (χ3n) is 5.64. The van der Waals surface area contributed by atoms with Crippen molar-refractivity contribution in [2.75, 3.05) is 7.11 Å². The molecular weight excluding hydrogens is 346 g/mol. The summed E-state index contributed by atoms with van der Waals surface area (Å²) in [5.74, 6) is 0.724. The Balaban J connectivity index is 1.56. The van der Waals surface area contributed by atoms with E-state index in [0.717, 1.165) is 29.8 Å². The SMILES string of the molecule is CCCCCCCCCCCCCCCc1cc(=O)c2cc(OC)ccc2[nH]1. The Bertz CT molecular complexity index is 735. The van der Waals surface area contributed by atoms with Gasteiger partial charge in [-0.2, -0.15) is 0 Å². The fourth-order valence-corrected chi connectivity index (χ4v) is 3.88. The lowest BCUT2D eigenvalue weighted by molar-refractivity contribution is 0.415. The van der Waals surface area contributed by atoms with Crippen molar-refractivity contribution in [3.63, 3.8) is 0 Å². The first-order valence-corrected chi connectivity index (χ1v) is 11.4. The molecule has 1 N–H and O–H groups in total. The molecule has 0 bridgehead atoms. The van der Waals surface area contributed by atoms with Gasteiger partial charge in [-0.15, -0.1) is 0 Å². The molecule has 2 rings (SSSR count). The summed E-state index contributed by atoms with van der Waals surface area (Å²) in [6.45, 7) is 2.28. The smallest absolute Gasteiger partial charge is 0.189 e. The number of unbranched alkanes of at least 4 members (excludes halogenated alkanes) is 12. The van der Waals surface area contributed by atoms with Crippen LogP contribution in [-0.2, 0) is 6.42 Å². The fraction of sp³-hybridized carbons (Fsp3) is 0.640. The first-order valence-electron chi connectivity index (χ1n) is 11.4. The summed E-state index contributed by atoms with van der Waals surface area (Å²) in [7, 11) is 1.62. The van der Waals surface area contributed by atoms with E-state index in [9.17, 15) is 4.79 Å². The van der Waals surface area contributed by atoms with Gasteiger partial charge in [-0.25, -0.2) is 0 Å². The number of benzene rings is 1. The van der Waals surface area contributed by atoms with Crippen LogP contribution in [0.3, 0.4) is 0 Å². The number of nitrogens with one attached hydrogen (secondary N) is 1. The van der Waals surface area contributed by atoms with E-state index >= 15 is 0 Å². The number of ether oxygens (including phenoxy) is 1. The number of methoxy groups -OCH3 is 1. The van der Waals surface area contributed by atoms with Crippen LogP contribution in [0.5, 0.6) is 5.75 Å². The van der Waals surface area contributed by atoms with Crippen LogP contribution >= 0.6 is 0 Å². The number of pyridine rings is 1. The maximum Gasteiger partial charge on any atom is 0.189 e. The van der Waals surface area contributed by atoms with Crippen molar-refractivity contribution in [1.82, 2.24) is 4.98 Å². The summed E-state index contributed by atoms with van der Waals surface area (Å²) >= 11 is 0. The zero-order chi connectivity index (χ0) is 20.0. The molecule has 0 aliphatic carbocycles. The molecule has 0 spiro atoms. The van der Waals surface area contributed by atoms with E-state index in [-0.39, 0.29) is 5.43 Å². The number of hydrogen-bond donors (Lipinski definition) is 1. The molecule has 0 aliphatic rings. The second-order valence-electron chi connectivity index (χ2n) is 8.06. The van der Waals surface area contributed by atoms with Crippen LogP contribution in [-0.4, -0.2) is 12.1 Å². The van der Waals surface area contributed by atoms with Crippen LogP contribution in [0.1, 0.15) is 96.1 Å². The maximum atomic E-state index is 12.3. The van der Waals surface area contributed by atoms with Gasteiger partial charge in [-0.3, -0.25) is 4.79 Å². The maximum absolute atomic E-state index is 12.3. The Morgan fingerprint density at radius 3 is 1.93 bits per heavy atom. The summed E-state index contributed by atoms with van der Waals surface area (Å²) in [5.41, 5.74) is 2.03. The molecule has 1 heterocycles. The molecule has 156 valence electrons. The molecule has 3 heteroatoms. The number of aryl methyl sites for hydroxylation is 1. The molecular formula is C25H39NO2. The van der Waals surface area contributed by atoms with Gasteiger partial charge in [0.25, 0.3) is 0 Å². The van der Waals surface area contributed by atoms with Gasteiger partial charge in [-0.05, 0) is 31.0 Å². The number of rotatable bonds is 15. The van der Waals surface area contributed by atoms with E-state index in [1.54, 1.807) is 13.2 Å². The highest BCUT2D eigenvalue weighted by atomic mass is 16.5. The molecule has 0 radical (unpaired) electrons.